The highest BCUT2D eigenvalue weighted by Crippen LogP contribution is 2.32. The van der Waals surface area contributed by atoms with Gasteiger partial charge < -0.3 is 0 Å². The molecule has 2 aromatic rings. The van der Waals surface area contributed by atoms with Gasteiger partial charge in [-0.3, -0.25) is 0 Å². The van der Waals surface area contributed by atoms with Crippen LogP contribution in [0.1, 0.15) is 0 Å². The highest BCUT2D eigenvalue weighted by Gasteiger charge is 2.12. The average molecular weight is 383 g/mol. The Balaban J connectivity index is 2.62. The maximum Gasteiger partial charge on any atom is 0.163 e. The summed E-state index contributed by atoms with van der Waals surface area (Å²) in [6.45, 7) is 0. The van der Waals surface area contributed by atoms with Crippen molar-refractivity contribution in [3.05, 3.63) is 43.5 Å². The van der Waals surface area contributed by atoms with E-state index in [2.05, 4.69) is 41.8 Å². The van der Waals surface area contributed by atoms with Gasteiger partial charge in [0, 0.05) is 10.0 Å². The van der Waals surface area contributed by atoms with E-state index < -0.39 is 0 Å². The van der Waals surface area contributed by atoms with Gasteiger partial charge in [0.15, 0.2) is 5.82 Å². The molecule has 0 amide bonds. The van der Waals surface area contributed by atoms with Crippen molar-refractivity contribution in [1.29, 1.82) is 0 Å². The molecule has 0 aliphatic heterocycles. The van der Waals surface area contributed by atoms with E-state index >= 15 is 0 Å². The third-order valence-electron chi connectivity index (χ3n) is 1.89. The Hall–Kier alpha value is -0.160. The summed E-state index contributed by atoms with van der Waals surface area (Å²) in [5, 5.41) is 0.594. The van der Waals surface area contributed by atoms with E-state index in [1.54, 1.807) is 0 Å². The first-order valence-corrected chi connectivity index (χ1v) is 6.57. The molecule has 1 aromatic carbocycles. The second-order valence-corrected chi connectivity index (χ2v) is 5.29. The van der Waals surface area contributed by atoms with Crippen LogP contribution in [-0.2, 0) is 0 Å². The molecular weight excluding hydrogens is 379 g/mol. The molecule has 1 aromatic heterocycles. The van der Waals surface area contributed by atoms with Crippen molar-refractivity contribution < 1.29 is 0 Å². The van der Waals surface area contributed by atoms with Gasteiger partial charge in [-0.25, -0.2) is 9.97 Å². The molecule has 0 bridgehead atoms. The third-order valence-corrected chi connectivity index (χ3v) is 4.33. The number of nitrogens with zero attached hydrogens (tertiary/aromatic N) is 2. The smallest absolute Gasteiger partial charge is 0.163 e. The Kier molecular flexibility index (Phi) is 3.85. The van der Waals surface area contributed by atoms with E-state index in [9.17, 15) is 0 Å². The Bertz CT molecular complexity index is 523. The van der Waals surface area contributed by atoms with Crippen LogP contribution in [0, 0.1) is 0 Å². The zero-order valence-corrected chi connectivity index (χ0v) is 12.4. The summed E-state index contributed by atoms with van der Waals surface area (Å²) in [5.41, 5.74) is 0.846. The molecule has 0 aliphatic rings. The summed E-state index contributed by atoms with van der Waals surface area (Å²) < 4.78 is 1.40. The van der Waals surface area contributed by atoms with E-state index in [4.69, 9.17) is 23.2 Å². The molecule has 2 nitrogen and oxygen atoms in total. The van der Waals surface area contributed by atoms with Crippen molar-refractivity contribution in [3.8, 4) is 11.4 Å². The standard InChI is InChI=1S/C10H4Br2Cl2N2/c11-6-4-2-1-3-5(6)10-15-8(13)7(12)9(14)16-10/h1-4H. The summed E-state index contributed by atoms with van der Waals surface area (Å²) in [7, 11) is 0. The van der Waals surface area contributed by atoms with Crippen molar-refractivity contribution >= 4 is 55.1 Å². The van der Waals surface area contributed by atoms with Crippen molar-refractivity contribution in [2.24, 2.45) is 0 Å². The second kappa shape index (κ2) is 5.00. The number of hydrogen-bond acceptors (Lipinski definition) is 2. The van der Waals surface area contributed by atoms with Gasteiger partial charge in [-0.1, -0.05) is 57.3 Å². The fourth-order valence-electron chi connectivity index (χ4n) is 1.16. The predicted molar refractivity (Wildman–Crippen MR) is 72.9 cm³/mol. The quantitative estimate of drug-likeness (QED) is 0.650. The van der Waals surface area contributed by atoms with Gasteiger partial charge in [0.1, 0.15) is 10.3 Å². The summed E-state index contributed by atoms with van der Waals surface area (Å²) in [5.74, 6) is 0.491. The maximum atomic E-state index is 5.92. The van der Waals surface area contributed by atoms with Gasteiger partial charge in [0.2, 0.25) is 0 Å². The Morgan fingerprint density at radius 2 is 1.50 bits per heavy atom. The zero-order chi connectivity index (χ0) is 11.7. The minimum Gasteiger partial charge on any atom is -0.215 e. The molecule has 0 saturated carbocycles. The van der Waals surface area contributed by atoms with E-state index in [1.165, 1.54) is 0 Å². The van der Waals surface area contributed by atoms with Crippen LogP contribution in [0.4, 0.5) is 0 Å². The predicted octanol–water partition coefficient (Wildman–Crippen LogP) is 4.98. The van der Waals surface area contributed by atoms with Gasteiger partial charge in [0.05, 0.1) is 4.47 Å². The summed E-state index contributed by atoms with van der Waals surface area (Å²) in [6.07, 6.45) is 0. The van der Waals surface area contributed by atoms with Crippen molar-refractivity contribution in [2.75, 3.05) is 0 Å². The monoisotopic (exact) mass is 380 g/mol. The van der Waals surface area contributed by atoms with Crippen molar-refractivity contribution in [1.82, 2.24) is 9.97 Å². The molecule has 82 valence electrons. The van der Waals surface area contributed by atoms with Gasteiger partial charge in [-0.05, 0) is 22.0 Å². The summed E-state index contributed by atoms with van der Waals surface area (Å²) in [6, 6.07) is 7.60. The lowest BCUT2D eigenvalue weighted by atomic mass is 10.2. The number of hydrogen-bond donors (Lipinski definition) is 0. The van der Waals surface area contributed by atoms with E-state index in [-0.39, 0.29) is 0 Å². The van der Waals surface area contributed by atoms with Crippen LogP contribution in [-0.4, -0.2) is 9.97 Å². The molecule has 0 atom stereocenters. The number of aromatic nitrogens is 2. The van der Waals surface area contributed by atoms with Gasteiger partial charge in [0.25, 0.3) is 0 Å². The zero-order valence-electron chi connectivity index (χ0n) is 7.72. The minimum absolute atomic E-state index is 0.297. The summed E-state index contributed by atoms with van der Waals surface area (Å²) >= 11 is 18.5. The van der Waals surface area contributed by atoms with Gasteiger partial charge in [-0.2, -0.15) is 0 Å². The lowest BCUT2D eigenvalue weighted by Crippen LogP contribution is -1.92. The van der Waals surface area contributed by atoms with Gasteiger partial charge >= 0.3 is 0 Å². The lowest BCUT2D eigenvalue weighted by molar-refractivity contribution is 1.16. The largest absolute Gasteiger partial charge is 0.215 e. The third kappa shape index (κ3) is 2.40. The van der Waals surface area contributed by atoms with Crippen LogP contribution in [0.2, 0.25) is 10.3 Å². The maximum absolute atomic E-state index is 5.92. The van der Waals surface area contributed by atoms with Crippen LogP contribution in [0.3, 0.4) is 0 Å². The highest BCUT2D eigenvalue weighted by atomic mass is 79.9. The minimum atomic E-state index is 0.297. The molecule has 0 unspecified atom stereocenters. The fraction of sp³-hybridized carbons (Fsp3) is 0. The van der Waals surface area contributed by atoms with Gasteiger partial charge in [-0.15, -0.1) is 0 Å². The lowest BCUT2D eigenvalue weighted by Gasteiger charge is -2.05. The Morgan fingerprint density at radius 1 is 0.938 bits per heavy atom. The number of halogens is 4. The van der Waals surface area contributed by atoms with E-state index in [0.29, 0.717) is 20.6 Å². The van der Waals surface area contributed by atoms with Crippen LogP contribution in [0.15, 0.2) is 33.2 Å². The summed E-state index contributed by atoms with van der Waals surface area (Å²) in [4.78, 5) is 8.32. The second-order valence-electron chi connectivity index (χ2n) is 2.92. The molecule has 16 heavy (non-hydrogen) atoms. The Labute approximate surface area is 119 Å². The molecule has 2 rings (SSSR count). The van der Waals surface area contributed by atoms with Crippen molar-refractivity contribution in [2.45, 2.75) is 0 Å². The van der Waals surface area contributed by atoms with Crippen LogP contribution in [0.25, 0.3) is 11.4 Å². The SMILES string of the molecule is Clc1nc(-c2ccccc2Br)nc(Cl)c1Br. The normalized spacial score (nSPS) is 10.5. The molecule has 6 heteroatoms. The molecule has 0 N–H and O–H groups in total. The first-order valence-electron chi connectivity index (χ1n) is 4.23. The first-order chi connectivity index (χ1) is 7.59. The highest BCUT2D eigenvalue weighted by molar-refractivity contribution is 9.11. The Morgan fingerprint density at radius 3 is 2.06 bits per heavy atom. The van der Waals surface area contributed by atoms with Crippen LogP contribution >= 0.6 is 55.1 Å². The number of benzene rings is 1. The average Bonchev–Trinajstić information content (AvgIpc) is 2.26. The van der Waals surface area contributed by atoms with Crippen molar-refractivity contribution in [3.63, 3.8) is 0 Å². The molecule has 0 spiro atoms. The van der Waals surface area contributed by atoms with Crippen LogP contribution in [0.5, 0.6) is 0 Å². The molecule has 0 fully saturated rings. The van der Waals surface area contributed by atoms with E-state index in [0.717, 1.165) is 10.0 Å². The van der Waals surface area contributed by atoms with Crippen LogP contribution < -0.4 is 0 Å². The molecule has 0 aliphatic carbocycles. The molecule has 1 heterocycles. The first kappa shape index (κ1) is 12.3. The molecular formula is C10H4Br2Cl2N2. The molecule has 0 radical (unpaired) electrons. The van der Waals surface area contributed by atoms with E-state index in [1.807, 2.05) is 24.3 Å². The topological polar surface area (TPSA) is 25.8 Å². The fourth-order valence-corrected chi connectivity index (χ4v) is 2.18. The molecule has 0 saturated heterocycles. The number of rotatable bonds is 1.